The summed E-state index contributed by atoms with van der Waals surface area (Å²) in [5.41, 5.74) is 1.92. The first kappa shape index (κ1) is 7.91. The van der Waals surface area contributed by atoms with Crippen molar-refractivity contribution >= 4 is 33.5 Å². The number of nitrogens with zero attached hydrogens (tertiary/aromatic N) is 2. The first-order chi connectivity index (χ1) is 5.75. The molecule has 2 rings (SSSR count). The molecular weight excluding hydrogens is 263 g/mol. The standard InChI is InChI=1S/C9H7IN2/c1-6-4-7-5-8(10)2-3-9(7)12-11-6/h2-5H,1H3. The van der Waals surface area contributed by atoms with Crippen LogP contribution < -0.4 is 0 Å². The van der Waals surface area contributed by atoms with Crippen molar-refractivity contribution in [1.82, 2.24) is 10.2 Å². The molecule has 0 unspecified atom stereocenters. The third-order valence-corrected chi connectivity index (χ3v) is 2.34. The summed E-state index contributed by atoms with van der Waals surface area (Å²) in [6.07, 6.45) is 0. The summed E-state index contributed by atoms with van der Waals surface area (Å²) in [5, 5.41) is 9.21. The van der Waals surface area contributed by atoms with Gasteiger partial charge < -0.3 is 0 Å². The largest absolute Gasteiger partial charge is 0.155 e. The lowest BCUT2D eigenvalue weighted by atomic mass is 10.2. The van der Waals surface area contributed by atoms with E-state index in [0.29, 0.717) is 0 Å². The fourth-order valence-corrected chi connectivity index (χ4v) is 1.63. The Morgan fingerprint density at radius 2 is 2.00 bits per heavy atom. The van der Waals surface area contributed by atoms with Crippen LogP contribution in [-0.2, 0) is 0 Å². The Bertz CT molecular complexity index is 389. The van der Waals surface area contributed by atoms with E-state index in [9.17, 15) is 0 Å². The Hall–Kier alpha value is -0.710. The quantitative estimate of drug-likeness (QED) is 0.687. The van der Waals surface area contributed by atoms with Crippen LogP contribution in [-0.4, -0.2) is 10.2 Å². The molecule has 1 aromatic heterocycles. The van der Waals surface area contributed by atoms with Gasteiger partial charge >= 0.3 is 0 Å². The van der Waals surface area contributed by atoms with E-state index < -0.39 is 0 Å². The van der Waals surface area contributed by atoms with Gasteiger partial charge in [-0.1, -0.05) is 0 Å². The molecule has 0 aliphatic rings. The molecular formula is C9H7IN2. The molecule has 0 saturated heterocycles. The molecule has 0 aliphatic heterocycles. The van der Waals surface area contributed by atoms with E-state index in [1.165, 1.54) is 3.57 Å². The Morgan fingerprint density at radius 1 is 1.17 bits per heavy atom. The lowest BCUT2D eigenvalue weighted by Gasteiger charge is -1.97. The van der Waals surface area contributed by atoms with Gasteiger partial charge in [-0.05, 0) is 53.8 Å². The number of hydrogen-bond donors (Lipinski definition) is 0. The second kappa shape index (κ2) is 2.97. The maximum Gasteiger partial charge on any atom is 0.0930 e. The van der Waals surface area contributed by atoms with Crippen molar-refractivity contribution in [3.8, 4) is 0 Å². The lowest BCUT2D eigenvalue weighted by Crippen LogP contribution is -1.87. The minimum atomic E-state index is 0.959. The van der Waals surface area contributed by atoms with Crippen LogP contribution in [0.2, 0.25) is 0 Å². The molecule has 0 amide bonds. The van der Waals surface area contributed by atoms with Crippen molar-refractivity contribution < 1.29 is 0 Å². The highest BCUT2D eigenvalue weighted by Crippen LogP contribution is 2.14. The molecule has 60 valence electrons. The molecule has 0 aliphatic carbocycles. The topological polar surface area (TPSA) is 25.8 Å². The van der Waals surface area contributed by atoms with Crippen molar-refractivity contribution in [3.05, 3.63) is 33.5 Å². The fourth-order valence-electron chi connectivity index (χ4n) is 1.12. The first-order valence-electron chi connectivity index (χ1n) is 3.65. The summed E-state index contributed by atoms with van der Waals surface area (Å²) >= 11 is 2.29. The van der Waals surface area contributed by atoms with Crippen molar-refractivity contribution in [1.29, 1.82) is 0 Å². The summed E-state index contributed by atoms with van der Waals surface area (Å²) in [6.45, 7) is 1.95. The molecule has 0 radical (unpaired) electrons. The van der Waals surface area contributed by atoms with Crippen LogP contribution in [0.5, 0.6) is 0 Å². The number of aryl methyl sites for hydroxylation is 1. The van der Waals surface area contributed by atoms with Gasteiger partial charge in [0.05, 0.1) is 11.2 Å². The number of fused-ring (bicyclic) bond motifs is 1. The highest BCUT2D eigenvalue weighted by molar-refractivity contribution is 14.1. The van der Waals surface area contributed by atoms with Crippen LogP contribution in [0.4, 0.5) is 0 Å². The summed E-state index contributed by atoms with van der Waals surface area (Å²) in [5.74, 6) is 0. The fraction of sp³-hybridized carbons (Fsp3) is 0.111. The predicted molar refractivity (Wildman–Crippen MR) is 57.0 cm³/mol. The molecule has 0 atom stereocenters. The van der Waals surface area contributed by atoms with Crippen LogP contribution in [0, 0.1) is 10.5 Å². The molecule has 0 N–H and O–H groups in total. The van der Waals surface area contributed by atoms with Gasteiger partial charge in [-0.3, -0.25) is 0 Å². The molecule has 0 fully saturated rings. The van der Waals surface area contributed by atoms with Crippen LogP contribution in [0.15, 0.2) is 24.3 Å². The molecule has 0 bridgehead atoms. The van der Waals surface area contributed by atoms with E-state index in [1.807, 2.05) is 25.1 Å². The van der Waals surface area contributed by atoms with Crippen molar-refractivity contribution in [2.45, 2.75) is 6.92 Å². The second-order valence-corrected chi connectivity index (χ2v) is 3.93. The van der Waals surface area contributed by atoms with Gasteiger partial charge in [-0.15, -0.1) is 0 Å². The van der Waals surface area contributed by atoms with Crippen LogP contribution >= 0.6 is 22.6 Å². The Kier molecular flexibility index (Phi) is 1.96. The van der Waals surface area contributed by atoms with Gasteiger partial charge in [0.1, 0.15) is 0 Å². The summed E-state index contributed by atoms with van der Waals surface area (Å²) in [7, 11) is 0. The van der Waals surface area contributed by atoms with Gasteiger partial charge in [-0.25, -0.2) is 0 Å². The first-order valence-corrected chi connectivity index (χ1v) is 4.73. The molecule has 3 heteroatoms. The highest BCUT2D eigenvalue weighted by Gasteiger charge is 1.96. The zero-order valence-corrected chi connectivity index (χ0v) is 8.74. The SMILES string of the molecule is Cc1cc2cc(I)ccc2nn1. The van der Waals surface area contributed by atoms with Crippen molar-refractivity contribution in [2.75, 3.05) is 0 Å². The maximum atomic E-state index is 4.07. The molecule has 2 nitrogen and oxygen atoms in total. The average Bonchev–Trinajstić information content (AvgIpc) is 2.03. The van der Waals surface area contributed by atoms with E-state index in [1.54, 1.807) is 0 Å². The van der Waals surface area contributed by atoms with E-state index in [0.717, 1.165) is 16.6 Å². The van der Waals surface area contributed by atoms with Gasteiger partial charge in [0.15, 0.2) is 0 Å². The zero-order valence-electron chi connectivity index (χ0n) is 6.58. The number of aromatic nitrogens is 2. The number of halogens is 1. The van der Waals surface area contributed by atoms with Crippen molar-refractivity contribution in [3.63, 3.8) is 0 Å². The lowest BCUT2D eigenvalue weighted by molar-refractivity contribution is 1.02. The minimum absolute atomic E-state index is 0.959. The van der Waals surface area contributed by atoms with Crippen LogP contribution in [0.25, 0.3) is 10.9 Å². The Morgan fingerprint density at radius 3 is 2.83 bits per heavy atom. The number of benzene rings is 1. The average molecular weight is 270 g/mol. The summed E-state index contributed by atoms with van der Waals surface area (Å²) in [6, 6.07) is 8.18. The molecule has 1 aromatic carbocycles. The van der Waals surface area contributed by atoms with E-state index in [-0.39, 0.29) is 0 Å². The van der Waals surface area contributed by atoms with E-state index in [2.05, 4.69) is 38.9 Å². The Labute approximate surface area is 84.1 Å². The minimum Gasteiger partial charge on any atom is -0.155 e. The third-order valence-electron chi connectivity index (χ3n) is 1.67. The van der Waals surface area contributed by atoms with Gasteiger partial charge in [0, 0.05) is 8.96 Å². The van der Waals surface area contributed by atoms with E-state index >= 15 is 0 Å². The smallest absolute Gasteiger partial charge is 0.0930 e. The Balaban J connectivity index is 2.80. The molecule has 0 saturated carbocycles. The number of hydrogen-bond acceptors (Lipinski definition) is 2. The summed E-state index contributed by atoms with van der Waals surface area (Å²) < 4.78 is 1.23. The van der Waals surface area contributed by atoms with Gasteiger partial charge in [-0.2, -0.15) is 10.2 Å². The summed E-state index contributed by atoms with van der Waals surface area (Å²) in [4.78, 5) is 0. The highest BCUT2D eigenvalue weighted by atomic mass is 127. The molecule has 0 spiro atoms. The molecule has 2 aromatic rings. The normalized spacial score (nSPS) is 10.5. The molecule has 1 heterocycles. The van der Waals surface area contributed by atoms with Crippen molar-refractivity contribution in [2.24, 2.45) is 0 Å². The van der Waals surface area contributed by atoms with Crippen LogP contribution in [0.3, 0.4) is 0 Å². The predicted octanol–water partition coefficient (Wildman–Crippen LogP) is 2.54. The maximum absolute atomic E-state index is 4.07. The monoisotopic (exact) mass is 270 g/mol. The zero-order chi connectivity index (χ0) is 8.55. The van der Waals surface area contributed by atoms with Crippen LogP contribution in [0.1, 0.15) is 5.69 Å². The number of rotatable bonds is 0. The third kappa shape index (κ3) is 1.41. The van der Waals surface area contributed by atoms with E-state index in [4.69, 9.17) is 0 Å². The molecule has 12 heavy (non-hydrogen) atoms. The van der Waals surface area contributed by atoms with Gasteiger partial charge in [0.25, 0.3) is 0 Å². The second-order valence-electron chi connectivity index (χ2n) is 2.69. The van der Waals surface area contributed by atoms with Gasteiger partial charge in [0.2, 0.25) is 0 Å².